The molecule has 2 aliphatic carbocycles. The monoisotopic (exact) mass is 913 g/mol. The van der Waals surface area contributed by atoms with Crippen molar-refractivity contribution in [2.45, 2.75) is 153 Å². The normalized spacial score (nSPS) is 24.7. The number of sulfonamides is 1. The number of aryl methyl sites for hydroxylation is 1. The van der Waals surface area contributed by atoms with Gasteiger partial charge in [0, 0.05) is 28.7 Å². The van der Waals surface area contributed by atoms with Gasteiger partial charge in [-0.25, -0.2) is 17.5 Å². The van der Waals surface area contributed by atoms with E-state index >= 15 is 0 Å². The number of benzene rings is 2. The van der Waals surface area contributed by atoms with Crippen molar-refractivity contribution < 1.29 is 37.1 Å². The largest absolute Gasteiger partial charge is 0.446 e. The number of pyridine rings is 1. The summed E-state index contributed by atoms with van der Waals surface area (Å²) in [6.45, 7) is 13.5. The van der Waals surface area contributed by atoms with E-state index in [-0.39, 0.29) is 49.0 Å². The van der Waals surface area contributed by atoms with Crippen LogP contribution < -0.4 is 16.1 Å². The second-order valence-electron chi connectivity index (χ2n) is 19.4. The molecule has 3 N–H and O–H groups in total. The third kappa shape index (κ3) is 9.77. The molecule has 3 heterocycles. The van der Waals surface area contributed by atoms with Gasteiger partial charge in [-0.3, -0.25) is 19.2 Å². The molecule has 3 aromatic rings. The van der Waals surface area contributed by atoms with Crippen LogP contribution in [0.3, 0.4) is 0 Å². The Bertz CT molecular complexity index is 2420. The predicted octanol–water partition coefficient (Wildman–Crippen LogP) is 6.84. The summed E-state index contributed by atoms with van der Waals surface area (Å²) in [7, 11) is -4.17. The van der Waals surface area contributed by atoms with Crippen LogP contribution in [0.25, 0.3) is 10.9 Å². The molecule has 0 bridgehead atoms. The van der Waals surface area contributed by atoms with Crippen LogP contribution in [-0.4, -0.2) is 94.1 Å². The van der Waals surface area contributed by atoms with E-state index in [9.17, 15) is 32.4 Å². The van der Waals surface area contributed by atoms with Crippen molar-refractivity contribution >= 4 is 44.7 Å². The van der Waals surface area contributed by atoms with Crippen LogP contribution >= 0.6 is 0 Å². The summed E-state index contributed by atoms with van der Waals surface area (Å²) in [5.74, 6) is -1.87. The van der Waals surface area contributed by atoms with Crippen LogP contribution in [0.15, 0.2) is 72.0 Å². The molecule has 2 aromatic carbocycles. The molecular formula is C50H67N5O9S. The number of carbonyl (C=O) groups is 4. The maximum Gasteiger partial charge on any atom is 0.408 e. The molecule has 0 spiro atoms. The number of unbranched alkanes of at least 4 members (excludes halogenated alkanes) is 2. The Labute approximate surface area is 383 Å². The van der Waals surface area contributed by atoms with Gasteiger partial charge in [0.05, 0.1) is 19.3 Å². The number of nitrogens with zero attached hydrogens (tertiary/aromatic N) is 2. The first-order chi connectivity index (χ1) is 31.0. The predicted molar refractivity (Wildman–Crippen MR) is 249 cm³/mol. The minimum Gasteiger partial charge on any atom is -0.446 e. The highest BCUT2D eigenvalue weighted by atomic mass is 32.2. The Kier molecular flexibility index (Phi) is 14.6. The average Bonchev–Trinajstić information content (AvgIpc) is 3.70. The van der Waals surface area contributed by atoms with E-state index in [0.717, 1.165) is 71.6 Å². The number of nitrogens with one attached hydrogen (secondary N) is 3. The number of aromatic amines is 1. The maximum atomic E-state index is 14.4. The van der Waals surface area contributed by atoms with Gasteiger partial charge in [0.25, 0.3) is 5.91 Å². The number of likely N-dealkylation sites (tertiary alicyclic amines) is 1. The van der Waals surface area contributed by atoms with Crippen LogP contribution in [0.5, 0.6) is 0 Å². The van der Waals surface area contributed by atoms with Crippen molar-refractivity contribution in [3.05, 3.63) is 94.3 Å². The number of alkyl carbamates (subject to hydrolysis) is 1. The van der Waals surface area contributed by atoms with E-state index in [4.69, 9.17) is 9.47 Å². The van der Waals surface area contributed by atoms with Gasteiger partial charge in [-0.15, -0.1) is 6.58 Å². The van der Waals surface area contributed by atoms with Crippen LogP contribution in [0, 0.1) is 24.7 Å². The van der Waals surface area contributed by atoms with Gasteiger partial charge in [0.15, 0.2) is 5.43 Å². The Hall–Kier alpha value is -5.02. The van der Waals surface area contributed by atoms with Gasteiger partial charge in [0.1, 0.15) is 28.5 Å². The summed E-state index contributed by atoms with van der Waals surface area (Å²) in [5.41, 5.74) is 1.97. The van der Waals surface area contributed by atoms with Crippen LogP contribution in [0.1, 0.15) is 115 Å². The fourth-order valence-corrected chi connectivity index (χ4v) is 12.4. The Morgan fingerprint density at radius 2 is 1.69 bits per heavy atom. The third-order valence-electron chi connectivity index (χ3n) is 14.7. The summed E-state index contributed by atoms with van der Waals surface area (Å²) in [6, 6.07) is 14.0. The second kappa shape index (κ2) is 19.8. The first-order valence-corrected chi connectivity index (χ1v) is 25.0. The van der Waals surface area contributed by atoms with Crippen LogP contribution in [-0.2, 0) is 46.9 Å². The lowest BCUT2D eigenvalue weighted by Crippen LogP contribution is -2.80. The molecule has 7 unspecified atom stereocenters. The number of hydrogen-bond acceptors (Lipinski definition) is 9. The summed E-state index contributed by atoms with van der Waals surface area (Å²) in [6.07, 6.45) is 8.93. The molecule has 2 aliphatic heterocycles. The maximum absolute atomic E-state index is 14.4. The van der Waals surface area contributed by atoms with Crippen LogP contribution in [0.2, 0.25) is 0 Å². The number of amides is 4. The number of ether oxygens (including phenoxy) is 2. The number of β-lactam (4-membered cyclic amide) rings is 1. The first-order valence-electron chi connectivity index (χ1n) is 23.6. The number of aromatic nitrogens is 1. The fraction of sp³-hybridized carbons (Fsp3) is 0.580. The average molecular weight is 914 g/mol. The quantitative estimate of drug-likeness (QED) is 0.0621. The molecule has 7 rings (SSSR count). The zero-order chi connectivity index (χ0) is 46.7. The van der Waals surface area contributed by atoms with Gasteiger partial charge in [-0.2, -0.15) is 0 Å². The Balaban J connectivity index is 0.926. The lowest BCUT2D eigenvalue weighted by molar-refractivity contribution is -0.153. The molecule has 4 amide bonds. The summed E-state index contributed by atoms with van der Waals surface area (Å²) >= 11 is 0. The minimum atomic E-state index is -4.17. The highest BCUT2D eigenvalue weighted by molar-refractivity contribution is 7.91. The number of rotatable bonds is 20. The van der Waals surface area contributed by atoms with E-state index in [1.54, 1.807) is 0 Å². The van der Waals surface area contributed by atoms with Gasteiger partial charge in [0.2, 0.25) is 21.8 Å². The van der Waals surface area contributed by atoms with Gasteiger partial charge >= 0.3 is 6.09 Å². The standard InChI is InChI=1S/C50H67N5O9S/c1-7-42-49(6,47(59)55(42)65(61,62)50(27-28-50)31-63-30-35-18-10-8-11-19-35)53-45(57)40-25-17-29-54(40)46(58)43(33(4)32(2)3)52-48(60)64-41-26-16-21-36(41)20-12-9-13-22-37-34(5)51-39-24-15-14-23-38(39)44(37)56/h7-8,10-11,14-15,18-19,23-24,32-33,36,40-43H,1,9,12-13,16-17,20-22,25-31H2,2-6H3,(H,51,56)(H,52,60)(H,53,57). The number of hydrogen-bond donors (Lipinski definition) is 3. The van der Waals surface area contributed by atoms with Crippen molar-refractivity contribution in [3.63, 3.8) is 0 Å². The van der Waals surface area contributed by atoms with Crippen molar-refractivity contribution in [2.24, 2.45) is 17.8 Å². The Morgan fingerprint density at radius 1 is 0.969 bits per heavy atom. The number of fused-ring (bicyclic) bond motifs is 1. The summed E-state index contributed by atoms with van der Waals surface area (Å²) in [5, 5.41) is 6.42. The van der Waals surface area contributed by atoms with Gasteiger partial charge < -0.3 is 30.0 Å². The molecule has 0 radical (unpaired) electrons. The molecule has 65 heavy (non-hydrogen) atoms. The van der Waals surface area contributed by atoms with Crippen LogP contribution in [0.4, 0.5) is 4.79 Å². The Morgan fingerprint density at radius 3 is 2.40 bits per heavy atom. The summed E-state index contributed by atoms with van der Waals surface area (Å²) in [4.78, 5) is 74.0. The van der Waals surface area contributed by atoms with E-state index in [2.05, 4.69) is 22.2 Å². The van der Waals surface area contributed by atoms with E-state index < -0.39 is 62.2 Å². The zero-order valence-corrected chi connectivity index (χ0v) is 39.4. The fourth-order valence-electron chi connectivity index (χ4n) is 10.1. The van der Waals surface area contributed by atoms with E-state index in [0.29, 0.717) is 37.5 Å². The minimum absolute atomic E-state index is 0.00127. The van der Waals surface area contributed by atoms with E-state index in [1.807, 2.05) is 82.3 Å². The smallest absolute Gasteiger partial charge is 0.408 e. The molecule has 7 atom stereocenters. The van der Waals surface area contributed by atoms with Crippen molar-refractivity contribution in [1.82, 2.24) is 24.8 Å². The topological polar surface area (TPSA) is 184 Å². The molecule has 4 aliphatic rings. The van der Waals surface area contributed by atoms with Crippen molar-refractivity contribution in [3.8, 4) is 0 Å². The molecule has 15 heteroatoms. The number of para-hydroxylation sites is 1. The molecule has 1 aromatic heterocycles. The third-order valence-corrected chi connectivity index (χ3v) is 17.2. The molecule has 4 fully saturated rings. The highest BCUT2D eigenvalue weighted by Gasteiger charge is 2.68. The SMILES string of the molecule is C=CC1N(S(=O)(=O)C2(COCc3ccccc3)CC2)C(=O)C1(C)NC(=O)C1CCCN1C(=O)C(NC(=O)OC1CCCC1CCCCCc1c(C)[nH]c2ccccc2c1=O)C(C)C(C)C. The lowest BCUT2D eigenvalue weighted by Gasteiger charge is -2.53. The van der Waals surface area contributed by atoms with Crippen molar-refractivity contribution in [2.75, 3.05) is 13.2 Å². The molecular weight excluding hydrogens is 847 g/mol. The molecule has 2 saturated carbocycles. The second-order valence-corrected chi connectivity index (χ2v) is 21.6. The van der Waals surface area contributed by atoms with Crippen molar-refractivity contribution in [1.29, 1.82) is 0 Å². The lowest BCUT2D eigenvalue weighted by atomic mass is 9.82. The van der Waals surface area contributed by atoms with E-state index in [1.165, 1.54) is 17.9 Å². The molecule has 352 valence electrons. The molecule has 14 nitrogen and oxygen atoms in total. The number of H-pyrrole nitrogens is 1. The highest BCUT2D eigenvalue weighted by Crippen LogP contribution is 2.50. The zero-order valence-electron chi connectivity index (χ0n) is 38.6. The number of carbonyl (C=O) groups excluding carboxylic acids is 4. The molecule has 2 saturated heterocycles. The van der Waals surface area contributed by atoms with Gasteiger partial charge in [-0.1, -0.05) is 82.2 Å². The summed E-state index contributed by atoms with van der Waals surface area (Å²) < 4.78 is 39.5. The first kappa shape index (κ1) is 47.9. The van der Waals surface area contributed by atoms with Gasteiger partial charge in [-0.05, 0) is 114 Å².